The molecule has 4 nitrogen and oxygen atoms in total. The lowest BCUT2D eigenvalue weighted by Gasteiger charge is -2.10. The van der Waals surface area contributed by atoms with Crippen molar-refractivity contribution >= 4 is 17.3 Å². The van der Waals surface area contributed by atoms with Gasteiger partial charge in [0.1, 0.15) is 6.04 Å². The largest absolute Gasteiger partial charge is 0.480 e. The number of aryl methyl sites for hydroxylation is 1. The van der Waals surface area contributed by atoms with Crippen molar-refractivity contribution in [3.8, 4) is 0 Å². The fourth-order valence-electron chi connectivity index (χ4n) is 1.28. The lowest BCUT2D eigenvalue weighted by Crippen LogP contribution is -2.30. The van der Waals surface area contributed by atoms with Gasteiger partial charge in [0.2, 0.25) is 0 Å². The highest BCUT2D eigenvalue weighted by atomic mass is 32.1. The molecule has 1 heterocycles. The van der Waals surface area contributed by atoms with E-state index in [1.54, 1.807) is 0 Å². The van der Waals surface area contributed by atoms with Gasteiger partial charge in [0.05, 0.1) is 10.7 Å². The quantitative estimate of drug-likeness (QED) is 0.790. The van der Waals surface area contributed by atoms with E-state index in [-0.39, 0.29) is 0 Å². The minimum atomic E-state index is -0.845. The molecule has 0 spiro atoms. The summed E-state index contributed by atoms with van der Waals surface area (Å²) in [5.74, 6) is -0.845. The highest BCUT2D eigenvalue weighted by Gasteiger charge is 2.30. The predicted octanol–water partition coefficient (Wildman–Crippen LogP) is 1.33. The summed E-state index contributed by atoms with van der Waals surface area (Å²) in [5, 5.41) is 14.8. The number of carbonyl (C=O) groups is 1. The van der Waals surface area contributed by atoms with Gasteiger partial charge < -0.3 is 5.11 Å². The van der Waals surface area contributed by atoms with E-state index >= 15 is 0 Å². The fraction of sp³-hybridized carbons (Fsp3) is 0.556. The van der Waals surface area contributed by atoms with Crippen molar-refractivity contribution in [2.45, 2.75) is 31.8 Å². The van der Waals surface area contributed by atoms with Crippen LogP contribution in [0.4, 0.5) is 0 Å². The molecule has 1 unspecified atom stereocenters. The Morgan fingerprint density at radius 1 is 1.79 bits per heavy atom. The molecule has 2 N–H and O–H groups in total. The summed E-state index contributed by atoms with van der Waals surface area (Å²) in [6.45, 7) is 1.88. The number of hydrogen-bond donors (Lipinski definition) is 2. The summed E-state index contributed by atoms with van der Waals surface area (Å²) in [6.07, 6.45) is 2.15. The minimum absolute atomic E-state index is 0.373. The van der Waals surface area contributed by atoms with Gasteiger partial charge in [-0.25, -0.2) is 4.98 Å². The Morgan fingerprint density at radius 2 is 2.50 bits per heavy atom. The maximum Gasteiger partial charge on any atom is 0.327 e. The second kappa shape index (κ2) is 3.67. The molecule has 0 aromatic carbocycles. The van der Waals surface area contributed by atoms with Gasteiger partial charge in [-0.15, -0.1) is 11.3 Å². The Kier molecular flexibility index (Phi) is 2.52. The van der Waals surface area contributed by atoms with Gasteiger partial charge in [-0.3, -0.25) is 10.1 Å². The van der Waals surface area contributed by atoms with Crippen molar-refractivity contribution in [1.82, 2.24) is 10.3 Å². The average Bonchev–Trinajstić information content (AvgIpc) is 2.84. The number of hydrogen-bond acceptors (Lipinski definition) is 4. The molecule has 1 aromatic heterocycles. The zero-order valence-corrected chi connectivity index (χ0v) is 8.67. The van der Waals surface area contributed by atoms with Crippen molar-refractivity contribution in [3.63, 3.8) is 0 Å². The van der Waals surface area contributed by atoms with Crippen LogP contribution in [0.1, 0.15) is 29.6 Å². The third kappa shape index (κ3) is 2.10. The lowest BCUT2D eigenvalue weighted by molar-refractivity contribution is -0.139. The second-order valence-corrected chi connectivity index (χ2v) is 4.57. The topological polar surface area (TPSA) is 62.2 Å². The van der Waals surface area contributed by atoms with E-state index in [1.807, 2.05) is 12.3 Å². The Balaban J connectivity index is 2.12. The number of nitrogens with zero attached hydrogens (tertiary/aromatic N) is 1. The molecule has 1 atom stereocenters. The van der Waals surface area contributed by atoms with Crippen molar-refractivity contribution in [1.29, 1.82) is 0 Å². The Labute approximate surface area is 86.0 Å². The maximum absolute atomic E-state index is 11.0. The third-order valence-corrected chi connectivity index (χ3v) is 2.95. The second-order valence-electron chi connectivity index (χ2n) is 3.50. The number of rotatable bonds is 4. The number of aliphatic carboxylic acids is 1. The van der Waals surface area contributed by atoms with Crippen LogP contribution < -0.4 is 5.32 Å². The Bertz CT molecular complexity index is 346. The molecule has 5 heteroatoms. The SMILES string of the molecule is Cc1nc(C(NC2CC2)C(=O)O)cs1. The van der Waals surface area contributed by atoms with Gasteiger partial charge in [0, 0.05) is 11.4 Å². The summed E-state index contributed by atoms with van der Waals surface area (Å²) < 4.78 is 0. The van der Waals surface area contributed by atoms with Crippen LogP contribution in [0.2, 0.25) is 0 Å². The van der Waals surface area contributed by atoms with E-state index in [2.05, 4.69) is 10.3 Å². The Morgan fingerprint density at radius 3 is 2.93 bits per heavy atom. The van der Waals surface area contributed by atoms with E-state index in [9.17, 15) is 4.79 Å². The molecule has 0 amide bonds. The summed E-state index contributed by atoms with van der Waals surface area (Å²) in [4.78, 5) is 15.2. The van der Waals surface area contributed by atoms with E-state index in [4.69, 9.17) is 5.11 Å². The molecule has 1 aliphatic rings. The van der Waals surface area contributed by atoms with E-state index in [0.29, 0.717) is 11.7 Å². The van der Waals surface area contributed by atoms with E-state index < -0.39 is 12.0 Å². The first-order valence-corrected chi connectivity index (χ1v) is 5.45. The molecule has 0 aliphatic heterocycles. The fourth-order valence-corrected chi connectivity index (χ4v) is 1.92. The normalized spacial score (nSPS) is 18.1. The molecule has 1 saturated carbocycles. The summed E-state index contributed by atoms with van der Waals surface area (Å²) in [5.41, 5.74) is 0.631. The van der Waals surface area contributed by atoms with Gasteiger partial charge in [-0.1, -0.05) is 0 Å². The minimum Gasteiger partial charge on any atom is -0.480 e. The molecule has 0 saturated heterocycles. The van der Waals surface area contributed by atoms with Gasteiger partial charge >= 0.3 is 5.97 Å². The lowest BCUT2D eigenvalue weighted by atomic mass is 10.2. The summed E-state index contributed by atoms with van der Waals surface area (Å²) in [6, 6.07) is -0.259. The summed E-state index contributed by atoms with van der Waals surface area (Å²) >= 11 is 1.48. The van der Waals surface area contributed by atoms with Crippen LogP contribution >= 0.6 is 11.3 Å². The number of aromatic nitrogens is 1. The molecule has 1 fully saturated rings. The van der Waals surface area contributed by atoms with Crippen LogP contribution in [0.5, 0.6) is 0 Å². The van der Waals surface area contributed by atoms with Crippen molar-refractivity contribution < 1.29 is 9.90 Å². The van der Waals surface area contributed by atoms with Gasteiger partial charge in [-0.2, -0.15) is 0 Å². The monoisotopic (exact) mass is 212 g/mol. The van der Waals surface area contributed by atoms with Gasteiger partial charge in [-0.05, 0) is 19.8 Å². The van der Waals surface area contributed by atoms with Crippen molar-refractivity contribution in [3.05, 3.63) is 16.1 Å². The molecule has 1 aliphatic carbocycles. The number of carboxylic acid groups (broad SMARTS) is 1. The predicted molar refractivity (Wildman–Crippen MR) is 53.4 cm³/mol. The van der Waals surface area contributed by atoms with Crippen molar-refractivity contribution in [2.24, 2.45) is 0 Å². The summed E-state index contributed by atoms with van der Waals surface area (Å²) in [7, 11) is 0. The van der Waals surface area contributed by atoms with Gasteiger partial charge in [0.15, 0.2) is 0 Å². The average molecular weight is 212 g/mol. The number of nitrogens with one attached hydrogen (secondary N) is 1. The number of carboxylic acids is 1. The molecule has 1 aromatic rings. The molecule has 0 bridgehead atoms. The first-order chi connectivity index (χ1) is 6.66. The van der Waals surface area contributed by atoms with Crippen LogP contribution in [0, 0.1) is 6.92 Å². The van der Waals surface area contributed by atoms with Crippen LogP contribution in [0.3, 0.4) is 0 Å². The van der Waals surface area contributed by atoms with Gasteiger partial charge in [0.25, 0.3) is 0 Å². The molecule has 0 radical (unpaired) electrons. The van der Waals surface area contributed by atoms with Crippen LogP contribution in [-0.2, 0) is 4.79 Å². The smallest absolute Gasteiger partial charge is 0.327 e. The highest BCUT2D eigenvalue weighted by Crippen LogP contribution is 2.25. The van der Waals surface area contributed by atoms with Crippen LogP contribution in [0.15, 0.2) is 5.38 Å². The molecule has 76 valence electrons. The number of thiazole rings is 1. The first kappa shape index (κ1) is 9.61. The molecule has 14 heavy (non-hydrogen) atoms. The van der Waals surface area contributed by atoms with E-state index in [1.165, 1.54) is 11.3 Å². The first-order valence-electron chi connectivity index (χ1n) is 4.57. The molecule has 2 rings (SSSR count). The highest BCUT2D eigenvalue weighted by molar-refractivity contribution is 7.09. The molecular weight excluding hydrogens is 200 g/mol. The van der Waals surface area contributed by atoms with Crippen LogP contribution in [0.25, 0.3) is 0 Å². The molecular formula is C9H12N2O2S. The standard InChI is InChI=1S/C9H12N2O2S/c1-5-10-7(4-14-5)8(9(12)13)11-6-2-3-6/h4,6,8,11H,2-3H2,1H3,(H,12,13). The maximum atomic E-state index is 11.0. The van der Waals surface area contributed by atoms with E-state index in [0.717, 1.165) is 17.8 Å². The Hall–Kier alpha value is -0.940. The van der Waals surface area contributed by atoms with Crippen molar-refractivity contribution in [2.75, 3.05) is 0 Å². The zero-order valence-electron chi connectivity index (χ0n) is 7.86. The van der Waals surface area contributed by atoms with Crippen LogP contribution in [-0.4, -0.2) is 22.1 Å². The zero-order chi connectivity index (χ0) is 10.1. The third-order valence-electron chi connectivity index (χ3n) is 2.16.